The zero-order valence-corrected chi connectivity index (χ0v) is 52.6. The minimum absolute atomic E-state index is 0.196. The molecule has 14 N–H and O–H groups in total. The number of carbonyl (C=O) groups excluding carboxylic acids is 2. The fourth-order valence-electron chi connectivity index (χ4n) is 11.5. The number of ether oxygens (including phenoxy) is 6. The van der Waals surface area contributed by atoms with Crippen LogP contribution in [0.1, 0.15) is 226 Å². The van der Waals surface area contributed by atoms with Gasteiger partial charge >= 0.3 is 5.97 Å². The van der Waals surface area contributed by atoms with Gasteiger partial charge in [0.1, 0.15) is 67.1 Å². The molecule has 0 aliphatic carbocycles. The van der Waals surface area contributed by atoms with Crippen LogP contribution in [0, 0.1) is 0 Å². The van der Waals surface area contributed by atoms with E-state index in [-0.39, 0.29) is 12.3 Å². The predicted octanol–water partition coefficient (Wildman–Crippen LogP) is 4.89. The van der Waals surface area contributed by atoms with Gasteiger partial charge in [-0.1, -0.05) is 186 Å². The van der Waals surface area contributed by atoms with E-state index in [1.165, 1.54) is 109 Å². The van der Waals surface area contributed by atoms with Gasteiger partial charge in [0.05, 0.1) is 50.7 Å². The van der Waals surface area contributed by atoms with E-state index < -0.39 is 155 Å². The van der Waals surface area contributed by atoms with Crippen LogP contribution in [0.25, 0.3) is 0 Å². The molecule has 3 rings (SSSR count). The average Bonchev–Trinajstić information content (AvgIpc) is 1.10. The Kier molecular flexibility index (Phi) is 41.0. The van der Waals surface area contributed by atoms with E-state index in [9.17, 15) is 75.7 Å². The second-order valence-corrected chi connectivity index (χ2v) is 24.3. The van der Waals surface area contributed by atoms with Crippen LogP contribution in [-0.2, 0) is 42.8 Å². The Morgan fingerprint density at radius 1 is 0.598 bits per heavy atom. The van der Waals surface area contributed by atoms with Crippen molar-refractivity contribution in [1.82, 2.24) is 10.6 Å². The Bertz CT molecular complexity index is 1870. The van der Waals surface area contributed by atoms with E-state index in [0.717, 1.165) is 77.6 Å². The summed E-state index contributed by atoms with van der Waals surface area (Å²) in [5, 5.41) is 136. The van der Waals surface area contributed by atoms with Gasteiger partial charge < -0.3 is 100 Å². The molecule has 3 fully saturated rings. The van der Waals surface area contributed by atoms with Crippen molar-refractivity contribution in [1.29, 1.82) is 0 Å². The molecule has 508 valence electrons. The predicted molar refractivity (Wildman–Crippen MR) is 324 cm³/mol. The Hall–Kier alpha value is -2.79. The van der Waals surface area contributed by atoms with Gasteiger partial charge in [0.25, 0.3) is 5.79 Å². The summed E-state index contributed by atoms with van der Waals surface area (Å²) >= 11 is 0. The zero-order chi connectivity index (χ0) is 64.0. The minimum Gasteiger partial charge on any atom is -0.477 e. The molecule has 23 heteroatoms. The summed E-state index contributed by atoms with van der Waals surface area (Å²) in [5.74, 6) is -6.15. The lowest BCUT2D eigenvalue weighted by Crippen LogP contribution is -2.70. The number of hydrogen-bond donors (Lipinski definition) is 14. The summed E-state index contributed by atoms with van der Waals surface area (Å²) in [4.78, 5) is 38.4. The van der Waals surface area contributed by atoms with Gasteiger partial charge in [0.2, 0.25) is 11.8 Å². The number of rotatable bonds is 49. The van der Waals surface area contributed by atoms with Crippen LogP contribution in [0.2, 0.25) is 0 Å². The van der Waals surface area contributed by atoms with Gasteiger partial charge in [-0.3, -0.25) is 9.59 Å². The van der Waals surface area contributed by atoms with E-state index in [2.05, 4.69) is 36.6 Å². The number of allylic oxidation sites excluding steroid dienone is 3. The van der Waals surface area contributed by atoms with E-state index in [4.69, 9.17) is 28.4 Å². The monoisotopic (exact) mass is 1250 g/mol. The van der Waals surface area contributed by atoms with Crippen LogP contribution in [0.15, 0.2) is 24.3 Å². The highest BCUT2D eigenvalue weighted by molar-refractivity contribution is 5.77. The Morgan fingerprint density at radius 2 is 1.08 bits per heavy atom. The maximum Gasteiger partial charge on any atom is 0.364 e. The lowest BCUT2D eigenvalue weighted by Gasteiger charge is -2.50. The number of carboxylic acid groups (broad SMARTS) is 1. The molecule has 3 aliphatic rings. The van der Waals surface area contributed by atoms with E-state index in [0.29, 0.717) is 12.8 Å². The standard InChI is InChI=1S/C64H116N2O21/c1-4-6-8-10-12-14-16-17-18-19-20-21-22-23-24-25-26-28-30-32-34-36-38-51(74)66-45(46(71)37-35-33-31-29-27-15-13-11-9-7-5-2)43-82-61-56(78)55(77)58(50(42-69)84-61)85-62-57(79)60(54(76)49(41-68)83-62)87-64(63(80)81)39-47(72)52(65-44(3)70)59(86-64)53(75)48(73)40-67/h22-23,35,37,45-50,52-62,67-69,71-73,75-79H,4-21,24-34,36,38-43H2,1-3H3,(H,65,70)(H,66,74)(H,80,81)/b23-22-,37-35+. The topological polar surface area (TPSA) is 373 Å². The lowest BCUT2D eigenvalue weighted by molar-refractivity contribution is -0.386. The molecule has 0 aromatic rings. The first-order valence-electron chi connectivity index (χ1n) is 33.2. The number of aliphatic hydroxyl groups excluding tert-OH is 11. The van der Waals surface area contributed by atoms with Crippen molar-refractivity contribution in [3.63, 3.8) is 0 Å². The number of unbranched alkanes of at least 4 members (excludes halogenated alkanes) is 27. The van der Waals surface area contributed by atoms with Gasteiger partial charge in [-0.15, -0.1) is 0 Å². The third-order valence-corrected chi connectivity index (χ3v) is 16.9. The summed E-state index contributed by atoms with van der Waals surface area (Å²) in [6, 6.07) is -2.62. The lowest BCUT2D eigenvalue weighted by atomic mass is 9.88. The molecule has 3 heterocycles. The van der Waals surface area contributed by atoms with Gasteiger partial charge in [-0.05, 0) is 44.9 Å². The van der Waals surface area contributed by atoms with E-state index in [1.807, 2.05) is 6.08 Å². The minimum atomic E-state index is -3.08. The summed E-state index contributed by atoms with van der Waals surface area (Å²) in [6.07, 6.45) is 13.9. The molecule has 0 bridgehead atoms. The highest BCUT2D eigenvalue weighted by Crippen LogP contribution is 2.38. The summed E-state index contributed by atoms with van der Waals surface area (Å²) in [7, 11) is 0. The normalized spacial score (nSPS) is 29.3. The Labute approximate surface area is 517 Å². The van der Waals surface area contributed by atoms with E-state index >= 15 is 0 Å². The van der Waals surface area contributed by atoms with Crippen molar-refractivity contribution in [2.45, 2.75) is 336 Å². The fraction of sp³-hybridized carbons (Fsp3) is 0.891. The van der Waals surface area contributed by atoms with Crippen molar-refractivity contribution in [3.05, 3.63) is 24.3 Å². The zero-order valence-electron chi connectivity index (χ0n) is 52.6. The smallest absolute Gasteiger partial charge is 0.364 e. The summed E-state index contributed by atoms with van der Waals surface area (Å²) in [5.41, 5.74) is 0. The molecule has 0 spiro atoms. The molecule has 2 amide bonds. The Balaban J connectivity index is 1.59. The van der Waals surface area contributed by atoms with Gasteiger partial charge in [0, 0.05) is 19.8 Å². The molecule has 18 unspecified atom stereocenters. The first kappa shape index (κ1) is 78.5. The first-order chi connectivity index (χ1) is 41.9. The number of carboxylic acids is 1. The van der Waals surface area contributed by atoms with Crippen molar-refractivity contribution in [2.75, 3.05) is 26.4 Å². The second-order valence-electron chi connectivity index (χ2n) is 24.3. The molecule has 0 aromatic carbocycles. The maximum absolute atomic E-state index is 13.4. The van der Waals surface area contributed by atoms with Crippen LogP contribution in [0.4, 0.5) is 0 Å². The van der Waals surface area contributed by atoms with Crippen LogP contribution >= 0.6 is 0 Å². The third kappa shape index (κ3) is 28.7. The molecule has 3 aliphatic heterocycles. The molecular formula is C64H116N2O21. The molecule has 18 atom stereocenters. The van der Waals surface area contributed by atoms with Crippen LogP contribution in [0.3, 0.4) is 0 Å². The highest BCUT2D eigenvalue weighted by Gasteiger charge is 2.60. The first-order valence-corrected chi connectivity index (χ1v) is 33.2. The third-order valence-electron chi connectivity index (χ3n) is 16.9. The Morgan fingerprint density at radius 3 is 1.56 bits per heavy atom. The molecule has 0 radical (unpaired) electrons. The number of nitrogens with one attached hydrogen (secondary N) is 2. The molecule has 87 heavy (non-hydrogen) atoms. The molecule has 3 saturated heterocycles. The van der Waals surface area contributed by atoms with Crippen molar-refractivity contribution >= 4 is 17.8 Å². The van der Waals surface area contributed by atoms with Crippen molar-refractivity contribution in [3.8, 4) is 0 Å². The molecular weight excluding hydrogens is 1130 g/mol. The largest absolute Gasteiger partial charge is 0.477 e. The molecule has 0 saturated carbocycles. The number of amides is 2. The van der Waals surface area contributed by atoms with Crippen LogP contribution in [-0.4, -0.2) is 215 Å². The van der Waals surface area contributed by atoms with Gasteiger partial charge in [0.15, 0.2) is 12.6 Å². The van der Waals surface area contributed by atoms with Gasteiger partial charge in [-0.2, -0.15) is 0 Å². The van der Waals surface area contributed by atoms with Crippen LogP contribution in [0.5, 0.6) is 0 Å². The summed E-state index contributed by atoms with van der Waals surface area (Å²) < 4.78 is 34.7. The number of carbonyl (C=O) groups is 3. The van der Waals surface area contributed by atoms with Crippen molar-refractivity contribution in [2.24, 2.45) is 0 Å². The van der Waals surface area contributed by atoms with Crippen molar-refractivity contribution < 1.29 is 104 Å². The fourth-order valence-corrected chi connectivity index (χ4v) is 11.5. The highest BCUT2D eigenvalue weighted by atomic mass is 16.8. The summed E-state index contributed by atoms with van der Waals surface area (Å²) in [6.45, 7) is 2.10. The SMILES string of the molecule is CCCCCCCCCCC/C=C/C(O)C(COC1OC(CO)C(OC2OC(CO)C(O)C(OC3(C(=O)O)CC(O)C(NC(C)=O)C(C(O)C(O)CO)O3)C2O)C(O)C1O)NC(=O)CCCCCCCCC/C=C\CCCCCCCCCCCCC. The number of aliphatic hydroxyl groups is 11. The quantitative estimate of drug-likeness (QED) is 0.0285. The molecule has 23 nitrogen and oxygen atoms in total. The molecule has 0 aromatic heterocycles. The van der Waals surface area contributed by atoms with Gasteiger partial charge in [-0.25, -0.2) is 4.79 Å². The average molecular weight is 1250 g/mol. The van der Waals surface area contributed by atoms with E-state index in [1.54, 1.807) is 6.08 Å². The number of aliphatic carboxylic acids is 1. The maximum atomic E-state index is 13.4. The second kappa shape index (κ2) is 45.5. The van der Waals surface area contributed by atoms with Crippen LogP contribution < -0.4 is 10.6 Å². The number of hydrogen-bond acceptors (Lipinski definition) is 20.